The number of benzene rings is 2. The van der Waals surface area contributed by atoms with Crippen LogP contribution in [-0.4, -0.2) is 36.9 Å². The minimum atomic E-state index is -3.58. The second kappa shape index (κ2) is 9.03. The van der Waals surface area contributed by atoms with Crippen molar-refractivity contribution in [2.45, 2.75) is 42.4 Å². The van der Waals surface area contributed by atoms with Crippen LogP contribution in [0.15, 0.2) is 71.9 Å². The highest BCUT2D eigenvalue weighted by Gasteiger charge is 2.30. The molecule has 2 aromatic carbocycles. The fraction of sp³-hybridized carbons (Fsp3) is 0.348. The molecule has 1 N–H and O–H groups in total. The smallest absolute Gasteiger partial charge is 0.196 e. The first-order valence-electron chi connectivity index (χ1n) is 10.3. The van der Waals surface area contributed by atoms with Gasteiger partial charge in [-0.15, -0.1) is 0 Å². The molecule has 6 heteroatoms. The van der Waals surface area contributed by atoms with Crippen LogP contribution in [0.4, 0.5) is 0 Å². The highest BCUT2D eigenvalue weighted by atomic mass is 32.2. The molecule has 29 heavy (non-hydrogen) atoms. The number of hydrogen-bond acceptors (Lipinski definition) is 5. The number of nitrogens with zero attached hydrogens (tertiary/aromatic N) is 2. The molecular weight excluding hydrogens is 382 g/mol. The molecule has 4 rings (SSSR count). The number of aryl methyl sites for hydroxylation is 1. The van der Waals surface area contributed by atoms with Gasteiger partial charge in [0.15, 0.2) is 9.84 Å². The van der Waals surface area contributed by atoms with Gasteiger partial charge in [-0.1, -0.05) is 48.9 Å². The Kier molecular flexibility index (Phi) is 6.23. The van der Waals surface area contributed by atoms with E-state index >= 15 is 0 Å². The lowest BCUT2D eigenvalue weighted by Gasteiger charge is -2.31. The predicted molar refractivity (Wildman–Crippen MR) is 116 cm³/mol. The molecule has 152 valence electrons. The Morgan fingerprint density at radius 3 is 2.55 bits per heavy atom. The van der Waals surface area contributed by atoms with Crippen LogP contribution in [0.1, 0.15) is 31.2 Å². The van der Waals surface area contributed by atoms with Crippen LogP contribution in [0.2, 0.25) is 0 Å². The predicted octanol–water partition coefficient (Wildman–Crippen LogP) is 3.96. The summed E-state index contributed by atoms with van der Waals surface area (Å²) in [4.78, 5) is 4.51. The van der Waals surface area contributed by atoms with Crippen molar-refractivity contribution >= 4 is 20.6 Å². The number of rotatable bonds is 7. The van der Waals surface area contributed by atoms with Crippen molar-refractivity contribution in [1.29, 1.82) is 0 Å². The summed E-state index contributed by atoms with van der Waals surface area (Å²) in [6.45, 7) is 1.77. The van der Waals surface area contributed by atoms with Gasteiger partial charge in [-0.3, -0.25) is 4.98 Å². The lowest BCUT2D eigenvalue weighted by Crippen LogP contribution is -2.50. The van der Waals surface area contributed by atoms with Gasteiger partial charge >= 0.3 is 0 Å². The van der Waals surface area contributed by atoms with Crippen molar-refractivity contribution in [3.05, 3.63) is 72.6 Å². The van der Waals surface area contributed by atoms with Crippen molar-refractivity contribution in [3.63, 3.8) is 0 Å². The highest BCUT2D eigenvalue weighted by Crippen LogP contribution is 2.27. The van der Waals surface area contributed by atoms with E-state index in [4.69, 9.17) is 0 Å². The SMILES string of the molecule is O=S(=O)(c1cccc2cnccc12)C(CCc1ccccc1)NN1CCCCC1. The Labute approximate surface area is 172 Å². The quantitative estimate of drug-likeness (QED) is 0.640. The van der Waals surface area contributed by atoms with Crippen LogP contribution >= 0.6 is 0 Å². The fourth-order valence-corrected chi connectivity index (χ4v) is 5.74. The molecule has 3 aromatic rings. The van der Waals surface area contributed by atoms with Crippen molar-refractivity contribution in [1.82, 2.24) is 15.4 Å². The maximum absolute atomic E-state index is 13.7. The van der Waals surface area contributed by atoms with E-state index in [0.717, 1.165) is 42.3 Å². The zero-order valence-electron chi connectivity index (χ0n) is 16.5. The number of aromatic nitrogens is 1. The van der Waals surface area contributed by atoms with Crippen LogP contribution in [0, 0.1) is 0 Å². The zero-order valence-corrected chi connectivity index (χ0v) is 17.3. The van der Waals surface area contributed by atoms with Gasteiger partial charge in [0.05, 0.1) is 4.90 Å². The van der Waals surface area contributed by atoms with Crippen LogP contribution in [0.3, 0.4) is 0 Å². The Morgan fingerprint density at radius 2 is 1.76 bits per heavy atom. The van der Waals surface area contributed by atoms with E-state index in [-0.39, 0.29) is 0 Å². The maximum atomic E-state index is 13.7. The first kappa shape index (κ1) is 20.0. The van der Waals surface area contributed by atoms with Crippen LogP contribution < -0.4 is 5.43 Å². The number of nitrogens with one attached hydrogen (secondary N) is 1. The molecule has 1 unspecified atom stereocenters. The van der Waals surface area contributed by atoms with Gasteiger partial charge in [-0.25, -0.2) is 18.9 Å². The molecule has 1 aromatic heterocycles. The molecule has 1 saturated heterocycles. The molecule has 1 fully saturated rings. The monoisotopic (exact) mass is 409 g/mol. The summed E-state index contributed by atoms with van der Waals surface area (Å²) < 4.78 is 27.5. The normalized spacial score (nSPS) is 16.7. The Morgan fingerprint density at radius 1 is 0.966 bits per heavy atom. The molecule has 1 aliphatic heterocycles. The van der Waals surface area contributed by atoms with Crippen molar-refractivity contribution in [2.24, 2.45) is 0 Å². The molecule has 0 saturated carbocycles. The number of pyridine rings is 1. The van der Waals surface area contributed by atoms with Crippen LogP contribution in [-0.2, 0) is 16.3 Å². The van der Waals surface area contributed by atoms with Crippen molar-refractivity contribution < 1.29 is 8.42 Å². The molecule has 1 aliphatic rings. The molecule has 0 aliphatic carbocycles. The van der Waals surface area contributed by atoms with Crippen molar-refractivity contribution in [3.8, 4) is 0 Å². The maximum Gasteiger partial charge on any atom is 0.196 e. The van der Waals surface area contributed by atoms with E-state index in [9.17, 15) is 8.42 Å². The average molecular weight is 410 g/mol. The Balaban J connectivity index is 1.65. The summed E-state index contributed by atoms with van der Waals surface area (Å²) >= 11 is 0. The molecule has 1 atom stereocenters. The Bertz CT molecular complexity index is 1040. The highest BCUT2D eigenvalue weighted by molar-refractivity contribution is 7.92. The average Bonchev–Trinajstić information content (AvgIpc) is 2.77. The minimum absolute atomic E-state index is 0.375. The van der Waals surface area contributed by atoms with Gasteiger partial charge in [-0.05, 0) is 43.4 Å². The third kappa shape index (κ3) is 4.66. The van der Waals surface area contributed by atoms with E-state index in [1.807, 2.05) is 36.4 Å². The third-order valence-electron chi connectivity index (χ3n) is 5.54. The Hall–Kier alpha value is -2.28. The molecule has 5 nitrogen and oxygen atoms in total. The molecule has 0 spiro atoms. The topological polar surface area (TPSA) is 62.3 Å². The minimum Gasteiger partial charge on any atom is -0.264 e. The summed E-state index contributed by atoms with van der Waals surface area (Å²) in [7, 11) is -3.58. The van der Waals surface area contributed by atoms with Crippen LogP contribution in [0.25, 0.3) is 10.8 Å². The zero-order chi connectivity index (χ0) is 20.1. The van der Waals surface area contributed by atoms with Crippen molar-refractivity contribution in [2.75, 3.05) is 13.1 Å². The van der Waals surface area contributed by atoms with Crippen LogP contribution in [0.5, 0.6) is 0 Å². The second-order valence-corrected chi connectivity index (χ2v) is 9.69. The molecule has 0 bridgehead atoms. The summed E-state index contributed by atoms with van der Waals surface area (Å²) in [5.74, 6) is 0. The van der Waals surface area contributed by atoms with Gasteiger partial charge in [0.1, 0.15) is 5.37 Å². The van der Waals surface area contributed by atoms with E-state index < -0.39 is 15.2 Å². The fourth-order valence-electron chi connectivity index (χ4n) is 3.95. The lowest BCUT2D eigenvalue weighted by atomic mass is 10.1. The van der Waals surface area contributed by atoms with E-state index in [2.05, 4.69) is 15.4 Å². The summed E-state index contributed by atoms with van der Waals surface area (Å²) in [5, 5.41) is 2.99. The summed E-state index contributed by atoms with van der Waals surface area (Å²) in [6.07, 6.45) is 7.98. The van der Waals surface area contributed by atoms with Gasteiger partial charge in [-0.2, -0.15) is 0 Å². The second-order valence-electron chi connectivity index (χ2n) is 7.59. The standard InChI is InChI=1S/C23H27N3O2S/c27-29(28,22-11-7-10-20-18-24-15-14-21(20)22)23(25-26-16-5-2-6-17-26)13-12-19-8-3-1-4-9-19/h1,3-4,7-11,14-15,18,23,25H,2,5-6,12-13,16-17H2. The van der Waals surface area contributed by atoms with E-state index in [1.54, 1.807) is 30.6 Å². The van der Waals surface area contributed by atoms with Gasteiger partial charge in [0.25, 0.3) is 0 Å². The summed E-state index contributed by atoms with van der Waals surface area (Å²) in [6, 6.07) is 17.3. The number of fused-ring (bicyclic) bond motifs is 1. The van der Waals surface area contributed by atoms with E-state index in [1.165, 1.54) is 6.42 Å². The lowest BCUT2D eigenvalue weighted by molar-refractivity contribution is 0.144. The third-order valence-corrected chi connectivity index (χ3v) is 7.60. The summed E-state index contributed by atoms with van der Waals surface area (Å²) in [5.41, 5.74) is 4.51. The molecule has 0 radical (unpaired) electrons. The number of piperidine rings is 1. The van der Waals surface area contributed by atoms with Gasteiger partial charge in [0.2, 0.25) is 0 Å². The first-order valence-corrected chi connectivity index (χ1v) is 11.8. The number of hydrazine groups is 1. The number of sulfone groups is 1. The first-order chi connectivity index (χ1) is 14.1. The molecule has 2 heterocycles. The molecule has 0 amide bonds. The molecular formula is C23H27N3O2S. The van der Waals surface area contributed by atoms with Gasteiger partial charge < -0.3 is 0 Å². The number of hydrogen-bond donors (Lipinski definition) is 1. The largest absolute Gasteiger partial charge is 0.264 e. The van der Waals surface area contributed by atoms with E-state index in [0.29, 0.717) is 17.7 Å². The van der Waals surface area contributed by atoms with Gasteiger partial charge in [0, 0.05) is 36.3 Å².